The molecule has 0 aliphatic carbocycles. The normalized spacial score (nSPS) is 11.1. The van der Waals surface area contributed by atoms with Crippen LogP contribution in [0.4, 0.5) is 5.69 Å². The molecule has 0 aliphatic rings. The van der Waals surface area contributed by atoms with Gasteiger partial charge >= 0.3 is 5.97 Å². The molecule has 0 heterocycles. The van der Waals surface area contributed by atoms with Crippen LogP contribution in [0, 0.1) is 0 Å². The number of carboxylic acids is 1. The second-order valence-corrected chi connectivity index (χ2v) is 7.49. The average Bonchev–Trinajstić information content (AvgIpc) is 2.42. The highest BCUT2D eigenvalue weighted by molar-refractivity contribution is 9.11. The van der Waals surface area contributed by atoms with Gasteiger partial charge < -0.3 is 5.11 Å². The van der Waals surface area contributed by atoms with Crippen molar-refractivity contribution in [3.05, 3.63) is 57.0 Å². The van der Waals surface area contributed by atoms with E-state index in [1.54, 1.807) is 24.3 Å². The molecule has 0 unspecified atom stereocenters. The number of carboxylic acid groups (broad SMARTS) is 1. The molecule has 0 saturated carbocycles. The molecule has 0 aromatic heterocycles. The zero-order chi connectivity index (χ0) is 15.6. The largest absolute Gasteiger partial charge is 0.478 e. The van der Waals surface area contributed by atoms with E-state index in [4.69, 9.17) is 0 Å². The van der Waals surface area contributed by atoms with Gasteiger partial charge in [-0.05, 0) is 40.2 Å². The number of carbonyl (C=O) groups is 1. The minimum atomic E-state index is -3.86. The molecule has 2 aromatic carbocycles. The highest BCUT2D eigenvalue weighted by atomic mass is 79.9. The molecule has 0 spiro atoms. The second-order valence-electron chi connectivity index (χ2n) is 4.03. The molecule has 2 N–H and O–H groups in total. The average molecular weight is 435 g/mol. The van der Waals surface area contributed by atoms with Crippen LogP contribution in [-0.4, -0.2) is 19.5 Å². The van der Waals surface area contributed by atoms with E-state index in [0.29, 0.717) is 8.95 Å². The Morgan fingerprint density at radius 3 is 2.29 bits per heavy atom. The lowest BCUT2D eigenvalue weighted by Crippen LogP contribution is -2.16. The van der Waals surface area contributed by atoms with Gasteiger partial charge in [-0.3, -0.25) is 4.72 Å². The number of hydrogen-bond donors (Lipinski definition) is 2. The SMILES string of the molecule is O=C(O)c1cc(Br)cc(Br)c1NS(=O)(=O)c1ccccc1. The summed E-state index contributed by atoms with van der Waals surface area (Å²) in [6.07, 6.45) is 0. The number of hydrogen-bond acceptors (Lipinski definition) is 3. The Kier molecular flexibility index (Phi) is 4.70. The maximum absolute atomic E-state index is 12.3. The second kappa shape index (κ2) is 6.17. The molecule has 0 radical (unpaired) electrons. The third kappa shape index (κ3) is 3.63. The van der Waals surface area contributed by atoms with E-state index < -0.39 is 16.0 Å². The fourth-order valence-electron chi connectivity index (χ4n) is 1.64. The lowest BCUT2D eigenvalue weighted by atomic mass is 10.2. The predicted molar refractivity (Wildman–Crippen MR) is 86.1 cm³/mol. The van der Waals surface area contributed by atoms with Gasteiger partial charge in [0.1, 0.15) is 0 Å². The number of sulfonamides is 1. The van der Waals surface area contributed by atoms with Gasteiger partial charge in [-0.15, -0.1) is 0 Å². The van der Waals surface area contributed by atoms with Crippen LogP contribution in [0.5, 0.6) is 0 Å². The van der Waals surface area contributed by atoms with Gasteiger partial charge in [0.15, 0.2) is 0 Å². The molecule has 0 bridgehead atoms. The van der Waals surface area contributed by atoms with E-state index in [1.807, 2.05) is 0 Å². The lowest BCUT2D eigenvalue weighted by molar-refractivity contribution is 0.0698. The number of aromatic carboxylic acids is 1. The van der Waals surface area contributed by atoms with Crippen molar-refractivity contribution in [2.24, 2.45) is 0 Å². The summed E-state index contributed by atoms with van der Waals surface area (Å²) in [5, 5.41) is 9.21. The van der Waals surface area contributed by atoms with Crippen molar-refractivity contribution in [2.75, 3.05) is 4.72 Å². The van der Waals surface area contributed by atoms with Crippen LogP contribution < -0.4 is 4.72 Å². The maximum Gasteiger partial charge on any atom is 0.337 e. The number of nitrogens with one attached hydrogen (secondary N) is 1. The van der Waals surface area contributed by atoms with Crippen molar-refractivity contribution >= 4 is 53.5 Å². The monoisotopic (exact) mass is 433 g/mol. The number of halogens is 2. The fraction of sp³-hybridized carbons (Fsp3) is 0. The van der Waals surface area contributed by atoms with Crippen LogP contribution in [0.15, 0.2) is 56.3 Å². The van der Waals surface area contributed by atoms with Gasteiger partial charge in [0.25, 0.3) is 10.0 Å². The Morgan fingerprint density at radius 2 is 1.71 bits per heavy atom. The first kappa shape index (κ1) is 16.0. The molecular formula is C13H9Br2NO4S. The highest BCUT2D eigenvalue weighted by Crippen LogP contribution is 2.32. The van der Waals surface area contributed by atoms with E-state index >= 15 is 0 Å². The number of rotatable bonds is 4. The van der Waals surface area contributed by atoms with Crippen LogP contribution in [0.3, 0.4) is 0 Å². The van der Waals surface area contributed by atoms with E-state index in [0.717, 1.165) is 0 Å². The fourth-order valence-corrected chi connectivity index (χ4v) is 4.22. The van der Waals surface area contributed by atoms with Crippen LogP contribution >= 0.6 is 31.9 Å². The van der Waals surface area contributed by atoms with Crippen molar-refractivity contribution < 1.29 is 18.3 Å². The molecule has 5 nitrogen and oxygen atoms in total. The van der Waals surface area contributed by atoms with Gasteiger partial charge in [-0.2, -0.15) is 0 Å². The standard InChI is InChI=1S/C13H9Br2NO4S/c14-8-6-10(13(17)18)12(11(15)7-8)16-21(19,20)9-4-2-1-3-5-9/h1-7,16H,(H,17,18). The van der Waals surface area contributed by atoms with Crippen molar-refractivity contribution in [2.45, 2.75) is 4.90 Å². The first-order valence-electron chi connectivity index (χ1n) is 5.61. The molecule has 2 rings (SSSR count). The zero-order valence-corrected chi connectivity index (χ0v) is 14.4. The molecule has 21 heavy (non-hydrogen) atoms. The summed E-state index contributed by atoms with van der Waals surface area (Å²) in [5.74, 6) is -1.23. The summed E-state index contributed by atoms with van der Waals surface area (Å²) >= 11 is 6.34. The topological polar surface area (TPSA) is 83.5 Å². The molecule has 0 fully saturated rings. The first-order chi connectivity index (χ1) is 9.81. The Hall–Kier alpha value is -1.38. The van der Waals surface area contributed by atoms with E-state index in [-0.39, 0.29) is 16.1 Å². The minimum absolute atomic E-state index is 0.0189. The summed E-state index contributed by atoms with van der Waals surface area (Å²) in [6, 6.07) is 10.6. The van der Waals surface area contributed by atoms with E-state index in [2.05, 4.69) is 36.6 Å². The van der Waals surface area contributed by atoms with Gasteiger partial charge in [0.05, 0.1) is 16.1 Å². The summed E-state index contributed by atoms with van der Waals surface area (Å²) in [4.78, 5) is 11.3. The lowest BCUT2D eigenvalue weighted by Gasteiger charge is -2.13. The number of anilines is 1. The molecule has 8 heteroatoms. The van der Waals surface area contributed by atoms with E-state index in [9.17, 15) is 18.3 Å². The summed E-state index contributed by atoms with van der Waals surface area (Å²) in [5.41, 5.74) is -0.176. The summed E-state index contributed by atoms with van der Waals surface area (Å²) < 4.78 is 27.7. The van der Waals surface area contributed by atoms with Gasteiger partial charge in [0, 0.05) is 8.95 Å². The molecule has 0 saturated heterocycles. The summed E-state index contributed by atoms with van der Waals surface area (Å²) in [7, 11) is -3.86. The molecular weight excluding hydrogens is 426 g/mol. The van der Waals surface area contributed by atoms with Gasteiger partial charge in [0.2, 0.25) is 0 Å². The molecule has 110 valence electrons. The molecule has 0 atom stereocenters. The Balaban J connectivity index is 2.52. The van der Waals surface area contributed by atoms with Crippen LogP contribution in [-0.2, 0) is 10.0 Å². The third-order valence-corrected chi connectivity index (χ3v) is 5.02. The number of benzene rings is 2. The third-order valence-electron chi connectivity index (χ3n) is 2.58. The highest BCUT2D eigenvalue weighted by Gasteiger charge is 2.21. The van der Waals surface area contributed by atoms with Crippen molar-refractivity contribution in [1.82, 2.24) is 0 Å². The minimum Gasteiger partial charge on any atom is -0.478 e. The zero-order valence-electron chi connectivity index (χ0n) is 10.4. The Bertz CT molecular complexity index is 791. The van der Waals surface area contributed by atoms with Crippen LogP contribution in [0.1, 0.15) is 10.4 Å². The van der Waals surface area contributed by atoms with Gasteiger partial charge in [-0.1, -0.05) is 34.1 Å². The van der Waals surface area contributed by atoms with Crippen molar-refractivity contribution in [1.29, 1.82) is 0 Å². The maximum atomic E-state index is 12.3. The quantitative estimate of drug-likeness (QED) is 0.768. The first-order valence-corrected chi connectivity index (χ1v) is 8.68. The molecule has 2 aromatic rings. The predicted octanol–water partition coefficient (Wildman–Crippen LogP) is 3.71. The smallest absolute Gasteiger partial charge is 0.337 e. The van der Waals surface area contributed by atoms with Gasteiger partial charge in [-0.25, -0.2) is 13.2 Å². The van der Waals surface area contributed by atoms with Crippen molar-refractivity contribution in [3.8, 4) is 0 Å². The Labute approximate surface area is 138 Å². The van der Waals surface area contributed by atoms with E-state index in [1.165, 1.54) is 18.2 Å². The van der Waals surface area contributed by atoms with Crippen LogP contribution in [0.25, 0.3) is 0 Å². The summed E-state index contributed by atoms with van der Waals surface area (Å²) in [6.45, 7) is 0. The van der Waals surface area contributed by atoms with Crippen molar-refractivity contribution in [3.63, 3.8) is 0 Å². The van der Waals surface area contributed by atoms with Crippen LogP contribution in [0.2, 0.25) is 0 Å². The Morgan fingerprint density at radius 1 is 1.10 bits per heavy atom. The molecule has 0 amide bonds. The molecule has 0 aliphatic heterocycles.